The van der Waals surface area contributed by atoms with Crippen molar-refractivity contribution in [3.05, 3.63) is 48.4 Å². The third kappa shape index (κ3) is 2.93. The normalized spacial score (nSPS) is 11.9. The van der Waals surface area contributed by atoms with Crippen LogP contribution in [-0.2, 0) is 0 Å². The Morgan fingerprint density at radius 1 is 1.18 bits per heavy atom. The third-order valence-electron chi connectivity index (χ3n) is 2.46. The number of hydrogen-bond acceptors (Lipinski definition) is 4. The Labute approximate surface area is 101 Å². The number of anilines is 1. The summed E-state index contributed by atoms with van der Waals surface area (Å²) in [5, 5.41) is 3.35. The SMILES string of the molecule is COc1cc(NC(C)c2ccccn2)ccn1. The molecule has 2 aromatic heterocycles. The summed E-state index contributed by atoms with van der Waals surface area (Å²) in [7, 11) is 1.61. The van der Waals surface area contributed by atoms with Gasteiger partial charge in [0.25, 0.3) is 0 Å². The van der Waals surface area contributed by atoms with Crippen LogP contribution >= 0.6 is 0 Å². The van der Waals surface area contributed by atoms with Gasteiger partial charge in [-0.05, 0) is 25.1 Å². The summed E-state index contributed by atoms with van der Waals surface area (Å²) in [6.45, 7) is 2.06. The van der Waals surface area contributed by atoms with E-state index in [1.165, 1.54) is 0 Å². The van der Waals surface area contributed by atoms with Crippen LogP contribution in [-0.4, -0.2) is 17.1 Å². The number of aromatic nitrogens is 2. The summed E-state index contributed by atoms with van der Waals surface area (Å²) < 4.78 is 5.08. The second-order valence-corrected chi connectivity index (χ2v) is 3.71. The van der Waals surface area contributed by atoms with Gasteiger partial charge in [0.15, 0.2) is 0 Å². The number of ether oxygens (including phenoxy) is 1. The molecule has 0 aromatic carbocycles. The van der Waals surface area contributed by atoms with E-state index in [0.717, 1.165) is 11.4 Å². The van der Waals surface area contributed by atoms with Gasteiger partial charge in [0.2, 0.25) is 5.88 Å². The zero-order valence-corrected chi connectivity index (χ0v) is 9.92. The van der Waals surface area contributed by atoms with Crippen LogP contribution in [0.3, 0.4) is 0 Å². The molecule has 0 saturated heterocycles. The van der Waals surface area contributed by atoms with Crippen molar-refractivity contribution in [1.29, 1.82) is 0 Å². The van der Waals surface area contributed by atoms with Crippen molar-refractivity contribution in [2.45, 2.75) is 13.0 Å². The fraction of sp³-hybridized carbons (Fsp3) is 0.231. The lowest BCUT2D eigenvalue weighted by atomic mass is 10.2. The molecule has 1 unspecified atom stereocenters. The maximum atomic E-state index is 5.08. The van der Waals surface area contributed by atoms with Crippen LogP contribution in [0.2, 0.25) is 0 Å². The average molecular weight is 229 g/mol. The molecule has 4 nitrogen and oxygen atoms in total. The Kier molecular flexibility index (Phi) is 3.55. The molecule has 0 saturated carbocycles. The first kappa shape index (κ1) is 11.4. The van der Waals surface area contributed by atoms with Crippen LogP contribution in [0.15, 0.2) is 42.7 Å². The number of nitrogens with zero attached hydrogens (tertiary/aromatic N) is 2. The van der Waals surface area contributed by atoms with E-state index in [1.54, 1.807) is 19.5 Å². The fourth-order valence-corrected chi connectivity index (χ4v) is 1.57. The first-order chi connectivity index (χ1) is 8.29. The lowest BCUT2D eigenvalue weighted by Gasteiger charge is -2.14. The van der Waals surface area contributed by atoms with Gasteiger partial charge in [-0.25, -0.2) is 4.98 Å². The van der Waals surface area contributed by atoms with Gasteiger partial charge in [0, 0.05) is 24.1 Å². The highest BCUT2D eigenvalue weighted by molar-refractivity contribution is 5.46. The predicted octanol–water partition coefficient (Wildman–Crippen LogP) is 2.66. The van der Waals surface area contributed by atoms with Crippen LogP contribution < -0.4 is 10.1 Å². The molecule has 0 aliphatic rings. The van der Waals surface area contributed by atoms with E-state index in [1.807, 2.05) is 30.3 Å². The Hall–Kier alpha value is -2.10. The largest absolute Gasteiger partial charge is 0.481 e. The third-order valence-corrected chi connectivity index (χ3v) is 2.46. The van der Waals surface area contributed by atoms with E-state index in [4.69, 9.17) is 4.74 Å². The van der Waals surface area contributed by atoms with Gasteiger partial charge in [-0.2, -0.15) is 0 Å². The first-order valence-corrected chi connectivity index (χ1v) is 5.47. The van der Waals surface area contributed by atoms with E-state index in [0.29, 0.717) is 5.88 Å². The molecular weight excluding hydrogens is 214 g/mol. The van der Waals surface area contributed by atoms with Gasteiger partial charge in [0.05, 0.1) is 18.8 Å². The molecule has 2 heterocycles. The van der Waals surface area contributed by atoms with Gasteiger partial charge in [-0.3, -0.25) is 4.98 Å². The molecule has 0 radical (unpaired) electrons. The molecule has 4 heteroatoms. The maximum absolute atomic E-state index is 5.08. The molecule has 0 spiro atoms. The molecule has 0 fully saturated rings. The van der Waals surface area contributed by atoms with Crippen molar-refractivity contribution in [3.8, 4) is 5.88 Å². The van der Waals surface area contributed by atoms with E-state index in [2.05, 4.69) is 22.2 Å². The highest BCUT2D eigenvalue weighted by Gasteiger charge is 2.06. The lowest BCUT2D eigenvalue weighted by molar-refractivity contribution is 0.398. The van der Waals surface area contributed by atoms with Gasteiger partial charge in [0.1, 0.15) is 0 Å². The van der Waals surface area contributed by atoms with Crippen LogP contribution in [0, 0.1) is 0 Å². The van der Waals surface area contributed by atoms with Crippen LogP contribution in [0.5, 0.6) is 5.88 Å². The monoisotopic (exact) mass is 229 g/mol. The number of pyridine rings is 2. The predicted molar refractivity (Wildman–Crippen MR) is 67.1 cm³/mol. The molecular formula is C13H15N3O. The Morgan fingerprint density at radius 3 is 2.76 bits per heavy atom. The molecule has 1 atom stereocenters. The van der Waals surface area contributed by atoms with E-state index in [9.17, 15) is 0 Å². The molecule has 88 valence electrons. The molecule has 0 bridgehead atoms. The molecule has 17 heavy (non-hydrogen) atoms. The maximum Gasteiger partial charge on any atom is 0.214 e. The van der Waals surface area contributed by atoms with Crippen LogP contribution in [0.25, 0.3) is 0 Å². The van der Waals surface area contributed by atoms with Crippen LogP contribution in [0.4, 0.5) is 5.69 Å². The lowest BCUT2D eigenvalue weighted by Crippen LogP contribution is -2.08. The van der Waals surface area contributed by atoms with Gasteiger partial charge in [-0.15, -0.1) is 0 Å². The van der Waals surface area contributed by atoms with E-state index in [-0.39, 0.29) is 6.04 Å². The van der Waals surface area contributed by atoms with Gasteiger partial charge >= 0.3 is 0 Å². The summed E-state index contributed by atoms with van der Waals surface area (Å²) >= 11 is 0. The highest BCUT2D eigenvalue weighted by atomic mass is 16.5. The molecule has 1 N–H and O–H groups in total. The summed E-state index contributed by atoms with van der Waals surface area (Å²) in [5.74, 6) is 0.600. The van der Waals surface area contributed by atoms with Crippen LogP contribution in [0.1, 0.15) is 18.7 Å². The summed E-state index contributed by atoms with van der Waals surface area (Å²) in [5.41, 5.74) is 1.97. The fourth-order valence-electron chi connectivity index (χ4n) is 1.57. The zero-order valence-electron chi connectivity index (χ0n) is 9.92. The number of hydrogen-bond donors (Lipinski definition) is 1. The zero-order chi connectivity index (χ0) is 12.1. The minimum absolute atomic E-state index is 0.142. The summed E-state index contributed by atoms with van der Waals surface area (Å²) in [6.07, 6.45) is 3.51. The van der Waals surface area contributed by atoms with E-state index >= 15 is 0 Å². The molecule has 2 aromatic rings. The highest BCUT2D eigenvalue weighted by Crippen LogP contribution is 2.19. The number of nitrogens with one attached hydrogen (secondary N) is 1. The van der Waals surface area contributed by atoms with Gasteiger partial charge in [-0.1, -0.05) is 6.07 Å². The Bertz CT molecular complexity index is 473. The number of methoxy groups -OCH3 is 1. The molecule has 2 rings (SSSR count). The first-order valence-electron chi connectivity index (χ1n) is 5.47. The molecule has 0 aliphatic heterocycles. The number of rotatable bonds is 4. The Morgan fingerprint density at radius 2 is 2.06 bits per heavy atom. The van der Waals surface area contributed by atoms with Crippen molar-refractivity contribution in [2.24, 2.45) is 0 Å². The van der Waals surface area contributed by atoms with Crippen molar-refractivity contribution in [2.75, 3.05) is 12.4 Å². The average Bonchev–Trinajstić information content (AvgIpc) is 2.40. The quantitative estimate of drug-likeness (QED) is 0.875. The Balaban J connectivity index is 2.10. The smallest absolute Gasteiger partial charge is 0.214 e. The summed E-state index contributed by atoms with van der Waals surface area (Å²) in [6, 6.07) is 9.79. The van der Waals surface area contributed by atoms with Crippen molar-refractivity contribution in [3.63, 3.8) is 0 Å². The van der Waals surface area contributed by atoms with Crippen molar-refractivity contribution < 1.29 is 4.74 Å². The van der Waals surface area contributed by atoms with Gasteiger partial charge < -0.3 is 10.1 Å². The topological polar surface area (TPSA) is 47.0 Å². The second-order valence-electron chi connectivity index (χ2n) is 3.71. The minimum atomic E-state index is 0.142. The second kappa shape index (κ2) is 5.30. The van der Waals surface area contributed by atoms with E-state index < -0.39 is 0 Å². The molecule has 0 amide bonds. The molecule has 0 aliphatic carbocycles. The van der Waals surface area contributed by atoms with Crippen molar-refractivity contribution >= 4 is 5.69 Å². The standard InChI is InChI=1S/C13H15N3O/c1-10(12-5-3-4-7-14-12)16-11-6-8-15-13(9-11)17-2/h3-10H,1-2H3,(H,15,16). The summed E-state index contributed by atoms with van der Waals surface area (Å²) in [4.78, 5) is 8.37. The minimum Gasteiger partial charge on any atom is -0.481 e. The van der Waals surface area contributed by atoms with Crippen molar-refractivity contribution in [1.82, 2.24) is 9.97 Å².